The molecule has 4 N–H and O–H groups in total. The number of benzene rings is 1. The molecule has 1 saturated heterocycles. The molecule has 1 fully saturated rings. The second kappa shape index (κ2) is 7.88. The monoisotopic (exact) mass is 459 g/mol. The molecule has 1 aliphatic rings. The number of rotatable bonds is 5. The van der Waals surface area contributed by atoms with Crippen LogP contribution in [0.3, 0.4) is 0 Å². The summed E-state index contributed by atoms with van der Waals surface area (Å²) in [5.74, 6) is 0.233. The van der Waals surface area contributed by atoms with Crippen LogP contribution in [0.2, 0.25) is 0 Å². The lowest BCUT2D eigenvalue weighted by atomic mass is 10.1. The van der Waals surface area contributed by atoms with Crippen LogP contribution in [0.25, 0.3) is 11.2 Å². The van der Waals surface area contributed by atoms with Crippen LogP contribution >= 0.6 is 11.6 Å². The standard InChI is InChI=1S/C18H17ClF3N5O4/c19-17(30)13(29)11(6-28)31-16(17)27-8-26-12-14(24-7-25-15(12)27)23-5-9-2-1-3-10(4-9)18(20,21)22/h1-4,7-8,11,13,16,28-30H,5-6H2,(H,23,24,25)/t11-,13-,16-,17-/m1/s1. The van der Waals surface area contributed by atoms with Gasteiger partial charge in [0.25, 0.3) is 0 Å². The topological polar surface area (TPSA) is 126 Å². The SMILES string of the molecule is OC[C@H]1O[C@@H](n2cnc3c(NCc4cccc(C(F)(F)F)c4)ncnc32)[C@@](O)(Cl)[C@@H]1O. The maximum absolute atomic E-state index is 12.9. The highest BCUT2D eigenvalue weighted by molar-refractivity contribution is 6.23. The fraction of sp³-hybridized carbons (Fsp3) is 0.389. The summed E-state index contributed by atoms with van der Waals surface area (Å²) >= 11 is 6.05. The molecule has 3 heterocycles. The Bertz CT molecular complexity index is 1090. The molecule has 4 rings (SSSR count). The van der Waals surface area contributed by atoms with Crippen LogP contribution in [-0.4, -0.2) is 58.7 Å². The van der Waals surface area contributed by atoms with Crippen molar-refractivity contribution in [1.29, 1.82) is 0 Å². The lowest BCUT2D eigenvalue weighted by molar-refractivity contribution is -0.137. The van der Waals surface area contributed by atoms with Gasteiger partial charge < -0.3 is 25.4 Å². The minimum absolute atomic E-state index is 0.0353. The third kappa shape index (κ3) is 3.92. The largest absolute Gasteiger partial charge is 0.416 e. The lowest BCUT2D eigenvalue weighted by Crippen LogP contribution is -2.42. The zero-order valence-electron chi connectivity index (χ0n) is 15.7. The number of fused-ring (bicyclic) bond motifs is 1. The van der Waals surface area contributed by atoms with E-state index in [9.17, 15) is 28.5 Å². The van der Waals surface area contributed by atoms with Gasteiger partial charge in [-0.2, -0.15) is 13.2 Å². The first-order chi connectivity index (χ1) is 14.6. The molecule has 3 aromatic rings. The number of alkyl halides is 4. The van der Waals surface area contributed by atoms with Crippen molar-refractivity contribution in [3.63, 3.8) is 0 Å². The average Bonchev–Trinajstić information content (AvgIpc) is 3.25. The number of halogens is 4. The summed E-state index contributed by atoms with van der Waals surface area (Å²) in [6.07, 6.45) is -5.99. The van der Waals surface area contributed by atoms with E-state index in [-0.39, 0.29) is 23.5 Å². The van der Waals surface area contributed by atoms with Crippen LogP contribution in [0, 0.1) is 0 Å². The lowest BCUT2D eigenvalue weighted by Gasteiger charge is -2.24. The summed E-state index contributed by atoms with van der Waals surface area (Å²) in [7, 11) is 0. The maximum Gasteiger partial charge on any atom is 0.416 e. The Morgan fingerprint density at radius 3 is 2.71 bits per heavy atom. The highest BCUT2D eigenvalue weighted by Gasteiger charge is 2.55. The summed E-state index contributed by atoms with van der Waals surface area (Å²) in [4.78, 5) is 12.3. The van der Waals surface area contributed by atoms with E-state index in [2.05, 4.69) is 20.3 Å². The molecule has 9 nitrogen and oxygen atoms in total. The van der Waals surface area contributed by atoms with E-state index in [0.29, 0.717) is 5.56 Å². The van der Waals surface area contributed by atoms with Gasteiger partial charge in [-0.1, -0.05) is 23.7 Å². The van der Waals surface area contributed by atoms with Gasteiger partial charge in [-0.3, -0.25) is 4.57 Å². The van der Waals surface area contributed by atoms with Crippen LogP contribution in [-0.2, 0) is 17.5 Å². The third-order valence-electron chi connectivity index (χ3n) is 4.92. The molecule has 4 atom stereocenters. The molecule has 0 saturated carbocycles. The quantitative estimate of drug-likeness (QED) is 0.424. The van der Waals surface area contributed by atoms with Gasteiger partial charge in [0.1, 0.15) is 18.5 Å². The molecule has 0 aliphatic carbocycles. The van der Waals surface area contributed by atoms with Crippen LogP contribution < -0.4 is 5.32 Å². The highest BCUT2D eigenvalue weighted by atomic mass is 35.5. The summed E-state index contributed by atoms with van der Waals surface area (Å²) < 4.78 is 45.4. The summed E-state index contributed by atoms with van der Waals surface area (Å²) in [6, 6.07) is 4.86. The van der Waals surface area contributed by atoms with Crippen molar-refractivity contribution < 1.29 is 33.2 Å². The van der Waals surface area contributed by atoms with Gasteiger partial charge in [0.05, 0.1) is 18.5 Å². The Morgan fingerprint density at radius 2 is 2.03 bits per heavy atom. The normalized spacial score (nSPS) is 26.5. The third-order valence-corrected chi connectivity index (χ3v) is 5.33. The zero-order valence-corrected chi connectivity index (χ0v) is 16.4. The fourth-order valence-electron chi connectivity index (χ4n) is 3.34. The second-order valence-corrected chi connectivity index (χ2v) is 7.59. The van der Waals surface area contributed by atoms with Crippen LogP contribution in [0.4, 0.5) is 19.0 Å². The van der Waals surface area contributed by atoms with Gasteiger partial charge in [0.2, 0.25) is 5.06 Å². The van der Waals surface area contributed by atoms with Crippen molar-refractivity contribution in [2.75, 3.05) is 11.9 Å². The van der Waals surface area contributed by atoms with Gasteiger partial charge in [-0.05, 0) is 17.7 Å². The summed E-state index contributed by atoms with van der Waals surface area (Å²) in [5.41, 5.74) is 0.0498. The molecule has 0 amide bonds. The Kier molecular flexibility index (Phi) is 5.52. The number of imidazole rings is 1. The number of hydrogen-bond acceptors (Lipinski definition) is 8. The molecular weight excluding hydrogens is 443 g/mol. The molecular formula is C18H17ClF3N5O4. The van der Waals surface area contributed by atoms with E-state index < -0.39 is 41.8 Å². The van der Waals surface area contributed by atoms with E-state index in [1.54, 1.807) is 0 Å². The van der Waals surface area contributed by atoms with Crippen molar-refractivity contribution in [1.82, 2.24) is 19.5 Å². The first-order valence-corrected chi connectivity index (χ1v) is 9.44. The zero-order chi connectivity index (χ0) is 22.4. The van der Waals surface area contributed by atoms with E-state index >= 15 is 0 Å². The molecule has 166 valence electrons. The predicted octanol–water partition coefficient (Wildman–Crippen LogP) is 1.64. The smallest absolute Gasteiger partial charge is 0.394 e. The van der Waals surface area contributed by atoms with E-state index in [0.717, 1.165) is 12.1 Å². The molecule has 0 spiro atoms. The number of aliphatic hydroxyl groups is 3. The van der Waals surface area contributed by atoms with Gasteiger partial charge in [0.15, 0.2) is 23.2 Å². The molecule has 1 aromatic carbocycles. The number of hydrogen-bond donors (Lipinski definition) is 4. The van der Waals surface area contributed by atoms with E-state index in [4.69, 9.17) is 16.3 Å². The number of ether oxygens (including phenoxy) is 1. The number of aliphatic hydroxyl groups excluding tert-OH is 2. The Balaban J connectivity index is 1.60. The van der Waals surface area contributed by atoms with Gasteiger partial charge in [-0.15, -0.1) is 0 Å². The molecule has 0 radical (unpaired) electrons. The van der Waals surface area contributed by atoms with Crippen molar-refractivity contribution in [3.8, 4) is 0 Å². The van der Waals surface area contributed by atoms with E-state index in [1.807, 2.05) is 0 Å². The average molecular weight is 460 g/mol. The van der Waals surface area contributed by atoms with E-state index in [1.165, 1.54) is 29.4 Å². The number of aromatic nitrogens is 4. The van der Waals surface area contributed by atoms with Crippen LogP contribution in [0.1, 0.15) is 17.4 Å². The van der Waals surface area contributed by atoms with Crippen LogP contribution in [0.15, 0.2) is 36.9 Å². The minimum Gasteiger partial charge on any atom is -0.394 e. The first kappa shape index (κ1) is 21.7. The molecule has 31 heavy (non-hydrogen) atoms. The van der Waals surface area contributed by atoms with Crippen molar-refractivity contribution in [3.05, 3.63) is 48.0 Å². The molecule has 2 aromatic heterocycles. The Morgan fingerprint density at radius 1 is 1.26 bits per heavy atom. The molecule has 0 unspecified atom stereocenters. The van der Waals surface area contributed by atoms with Crippen molar-refractivity contribution in [2.45, 2.75) is 36.2 Å². The second-order valence-electron chi connectivity index (χ2n) is 6.98. The number of nitrogens with zero attached hydrogens (tertiary/aromatic N) is 4. The number of anilines is 1. The maximum atomic E-state index is 12.9. The number of nitrogens with one attached hydrogen (secondary N) is 1. The summed E-state index contributed by atoms with van der Waals surface area (Å²) in [6.45, 7) is -0.536. The van der Waals surface area contributed by atoms with Gasteiger partial charge >= 0.3 is 6.18 Å². The first-order valence-electron chi connectivity index (χ1n) is 9.06. The Hall–Kier alpha value is -2.51. The molecule has 0 bridgehead atoms. The van der Waals surface area contributed by atoms with Gasteiger partial charge in [-0.25, -0.2) is 15.0 Å². The highest BCUT2D eigenvalue weighted by Crippen LogP contribution is 2.42. The molecule has 13 heteroatoms. The molecule has 1 aliphatic heterocycles. The predicted molar refractivity (Wildman–Crippen MR) is 102 cm³/mol. The van der Waals surface area contributed by atoms with Gasteiger partial charge in [0, 0.05) is 6.54 Å². The van der Waals surface area contributed by atoms with Crippen molar-refractivity contribution in [2.24, 2.45) is 0 Å². The van der Waals surface area contributed by atoms with Crippen molar-refractivity contribution >= 4 is 28.6 Å². The minimum atomic E-state index is -4.45. The Labute approximate surface area is 178 Å². The fourth-order valence-corrected chi connectivity index (χ4v) is 3.64. The van der Waals surface area contributed by atoms with Crippen LogP contribution in [0.5, 0.6) is 0 Å². The summed E-state index contributed by atoms with van der Waals surface area (Å²) in [5, 5.41) is 30.5.